The topological polar surface area (TPSA) is 60.2 Å². The SMILES string of the molecule is Cc1c(Cc2ccc(-n3nccc3C3CC3)cc2)c(OC(F)F)nc2c(Cl)ccc(O)c12. The lowest BCUT2D eigenvalue weighted by molar-refractivity contribution is -0.0532. The van der Waals surface area contributed by atoms with Crippen molar-refractivity contribution in [3.63, 3.8) is 0 Å². The van der Waals surface area contributed by atoms with E-state index < -0.39 is 6.61 Å². The van der Waals surface area contributed by atoms with Gasteiger partial charge < -0.3 is 9.84 Å². The number of phenolic OH excluding ortho intramolecular Hbond substituents is 1. The fourth-order valence-electron chi connectivity index (χ4n) is 4.08. The summed E-state index contributed by atoms with van der Waals surface area (Å²) in [4.78, 5) is 4.22. The first kappa shape index (κ1) is 20.7. The Labute approximate surface area is 188 Å². The third kappa shape index (κ3) is 3.77. The summed E-state index contributed by atoms with van der Waals surface area (Å²) < 4.78 is 32.9. The molecule has 2 aromatic carbocycles. The number of ether oxygens (including phenoxy) is 1. The minimum Gasteiger partial charge on any atom is -0.507 e. The highest BCUT2D eigenvalue weighted by molar-refractivity contribution is 6.35. The molecule has 0 saturated heterocycles. The summed E-state index contributed by atoms with van der Waals surface area (Å²) in [5.74, 6) is 0.364. The highest BCUT2D eigenvalue weighted by Crippen LogP contribution is 2.41. The molecule has 2 heterocycles. The molecule has 0 unspecified atom stereocenters. The van der Waals surface area contributed by atoms with Crippen LogP contribution in [0, 0.1) is 6.92 Å². The number of nitrogens with zero attached hydrogens (tertiary/aromatic N) is 3. The number of pyridine rings is 1. The summed E-state index contributed by atoms with van der Waals surface area (Å²) >= 11 is 6.20. The molecule has 1 saturated carbocycles. The van der Waals surface area contributed by atoms with Gasteiger partial charge in [-0.25, -0.2) is 9.67 Å². The van der Waals surface area contributed by atoms with Gasteiger partial charge in [0.2, 0.25) is 5.88 Å². The van der Waals surface area contributed by atoms with Gasteiger partial charge in [-0.3, -0.25) is 0 Å². The molecule has 5 nitrogen and oxygen atoms in total. The average Bonchev–Trinajstić information content (AvgIpc) is 3.50. The molecule has 1 aliphatic carbocycles. The van der Waals surface area contributed by atoms with Crippen LogP contribution in [0.15, 0.2) is 48.7 Å². The maximum Gasteiger partial charge on any atom is 0.388 e. The standard InChI is InChI=1S/C24H20ClF2N3O2/c1-13-17(23(32-24(26)27)29-22-18(25)8-9-20(31)21(13)22)12-14-2-6-16(7-3-14)30-19(10-11-28-30)15-4-5-15/h2-3,6-11,15,24,31H,4-5,12H2,1H3. The van der Waals surface area contributed by atoms with Gasteiger partial charge in [-0.2, -0.15) is 13.9 Å². The van der Waals surface area contributed by atoms with Gasteiger partial charge >= 0.3 is 6.61 Å². The van der Waals surface area contributed by atoms with Crippen molar-refractivity contribution in [2.45, 2.75) is 38.7 Å². The molecule has 1 aliphatic rings. The molecule has 0 amide bonds. The molecule has 2 aromatic heterocycles. The Bertz CT molecular complexity index is 1300. The van der Waals surface area contributed by atoms with Crippen molar-refractivity contribution in [1.82, 2.24) is 14.8 Å². The highest BCUT2D eigenvalue weighted by Gasteiger charge is 2.27. The Hall–Kier alpha value is -3.19. The van der Waals surface area contributed by atoms with Crippen LogP contribution in [0.4, 0.5) is 8.78 Å². The lowest BCUT2D eigenvalue weighted by atomic mass is 9.97. The molecule has 8 heteroatoms. The summed E-state index contributed by atoms with van der Waals surface area (Å²) in [6.45, 7) is -1.29. The molecular weight excluding hydrogens is 436 g/mol. The molecule has 5 rings (SSSR count). The smallest absolute Gasteiger partial charge is 0.388 e. The van der Waals surface area contributed by atoms with E-state index in [1.165, 1.54) is 30.7 Å². The number of hydrogen-bond acceptors (Lipinski definition) is 4. The van der Waals surface area contributed by atoms with E-state index >= 15 is 0 Å². The first-order chi connectivity index (χ1) is 15.4. The van der Waals surface area contributed by atoms with E-state index in [4.69, 9.17) is 16.3 Å². The van der Waals surface area contributed by atoms with E-state index in [0.29, 0.717) is 28.9 Å². The summed E-state index contributed by atoms with van der Waals surface area (Å²) in [5, 5.41) is 15.5. The molecule has 0 radical (unpaired) electrons. The molecule has 0 atom stereocenters. The maximum atomic E-state index is 13.1. The summed E-state index contributed by atoms with van der Waals surface area (Å²) in [6, 6.07) is 12.8. The molecule has 1 fully saturated rings. The molecule has 164 valence electrons. The number of halogens is 3. The van der Waals surface area contributed by atoms with Crippen LogP contribution in [0.5, 0.6) is 11.6 Å². The highest BCUT2D eigenvalue weighted by atomic mass is 35.5. The lowest BCUT2D eigenvalue weighted by Crippen LogP contribution is -2.09. The van der Waals surface area contributed by atoms with E-state index in [-0.39, 0.29) is 22.2 Å². The summed E-state index contributed by atoms with van der Waals surface area (Å²) in [7, 11) is 0. The second kappa shape index (κ2) is 8.06. The molecule has 0 spiro atoms. The number of phenols is 1. The van der Waals surface area contributed by atoms with Gasteiger partial charge in [0.1, 0.15) is 5.75 Å². The third-order valence-electron chi connectivity index (χ3n) is 5.84. The normalized spacial score (nSPS) is 13.8. The maximum absolute atomic E-state index is 13.1. The quantitative estimate of drug-likeness (QED) is 0.378. The van der Waals surface area contributed by atoms with Crippen LogP contribution in [0.1, 0.15) is 41.1 Å². The predicted molar refractivity (Wildman–Crippen MR) is 118 cm³/mol. The number of aromatic nitrogens is 3. The third-order valence-corrected chi connectivity index (χ3v) is 6.14. The van der Waals surface area contributed by atoms with Crippen LogP contribution in [-0.4, -0.2) is 26.5 Å². The molecular formula is C24H20ClF2N3O2. The van der Waals surface area contributed by atoms with Crippen molar-refractivity contribution in [1.29, 1.82) is 0 Å². The van der Waals surface area contributed by atoms with Gasteiger partial charge in [-0.05, 0) is 61.2 Å². The minimum absolute atomic E-state index is 0.0131. The van der Waals surface area contributed by atoms with Crippen molar-refractivity contribution in [2.75, 3.05) is 0 Å². The van der Waals surface area contributed by atoms with E-state index in [0.717, 1.165) is 11.3 Å². The monoisotopic (exact) mass is 455 g/mol. The number of benzene rings is 2. The van der Waals surface area contributed by atoms with Crippen molar-refractivity contribution in [2.24, 2.45) is 0 Å². The van der Waals surface area contributed by atoms with Crippen LogP contribution in [-0.2, 0) is 6.42 Å². The zero-order chi connectivity index (χ0) is 22.4. The Morgan fingerprint density at radius 3 is 2.59 bits per heavy atom. The summed E-state index contributed by atoms with van der Waals surface area (Å²) in [6.07, 6.45) is 4.47. The fraction of sp³-hybridized carbons (Fsp3) is 0.250. The number of hydrogen-bond donors (Lipinski definition) is 1. The van der Waals surface area contributed by atoms with Crippen LogP contribution in [0.25, 0.3) is 16.6 Å². The molecule has 4 aromatic rings. The Kier molecular flexibility index (Phi) is 5.21. The van der Waals surface area contributed by atoms with Crippen LogP contribution in [0.3, 0.4) is 0 Å². The number of fused-ring (bicyclic) bond motifs is 1. The molecule has 0 aliphatic heterocycles. The summed E-state index contributed by atoms with van der Waals surface area (Å²) in [5.41, 5.74) is 4.33. The van der Waals surface area contributed by atoms with Crippen molar-refractivity contribution in [3.05, 3.63) is 76.1 Å². The molecule has 1 N–H and O–H groups in total. The number of rotatable bonds is 6. The first-order valence-corrected chi connectivity index (χ1v) is 10.7. The Morgan fingerprint density at radius 2 is 1.91 bits per heavy atom. The zero-order valence-electron chi connectivity index (χ0n) is 17.2. The van der Waals surface area contributed by atoms with E-state index in [2.05, 4.69) is 10.1 Å². The van der Waals surface area contributed by atoms with E-state index in [1.54, 1.807) is 13.1 Å². The predicted octanol–water partition coefficient (Wildman–Crippen LogP) is 6.16. The van der Waals surface area contributed by atoms with E-state index in [1.807, 2.05) is 35.0 Å². The van der Waals surface area contributed by atoms with Crippen molar-refractivity contribution in [3.8, 4) is 17.3 Å². The zero-order valence-corrected chi connectivity index (χ0v) is 18.0. The van der Waals surface area contributed by atoms with Gasteiger partial charge in [0.25, 0.3) is 0 Å². The second-order valence-electron chi connectivity index (χ2n) is 7.97. The van der Waals surface area contributed by atoms with Crippen LogP contribution in [0.2, 0.25) is 5.02 Å². The van der Waals surface area contributed by atoms with Gasteiger partial charge in [0.15, 0.2) is 0 Å². The van der Waals surface area contributed by atoms with Crippen LogP contribution >= 0.6 is 11.6 Å². The Morgan fingerprint density at radius 1 is 1.16 bits per heavy atom. The minimum atomic E-state index is -3.03. The number of alkyl halides is 2. The molecule has 32 heavy (non-hydrogen) atoms. The molecule has 0 bridgehead atoms. The lowest BCUT2D eigenvalue weighted by Gasteiger charge is -2.16. The van der Waals surface area contributed by atoms with Gasteiger partial charge in [-0.1, -0.05) is 23.7 Å². The second-order valence-corrected chi connectivity index (χ2v) is 8.38. The Balaban J connectivity index is 1.53. The van der Waals surface area contributed by atoms with Gasteiger partial charge in [-0.15, -0.1) is 0 Å². The van der Waals surface area contributed by atoms with E-state index in [9.17, 15) is 13.9 Å². The number of aryl methyl sites for hydroxylation is 1. The van der Waals surface area contributed by atoms with Crippen molar-refractivity contribution < 1.29 is 18.6 Å². The van der Waals surface area contributed by atoms with Gasteiger partial charge in [0.05, 0.1) is 16.2 Å². The number of aromatic hydroxyl groups is 1. The fourth-order valence-corrected chi connectivity index (χ4v) is 4.28. The largest absolute Gasteiger partial charge is 0.507 e. The first-order valence-electron chi connectivity index (χ1n) is 10.3. The van der Waals surface area contributed by atoms with Gasteiger partial charge in [0, 0.05) is 35.2 Å². The average molecular weight is 456 g/mol. The van der Waals surface area contributed by atoms with Crippen molar-refractivity contribution >= 4 is 22.5 Å². The van der Waals surface area contributed by atoms with Crippen LogP contribution < -0.4 is 4.74 Å².